The number of benzene rings is 2. The maximum absolute atomic E-state index is 10.8. The molecule has 0 aliphatic carbocycles. The molecule has 5 heteroatoms. The van der Waals surface area contributed by atoms with Gasteiger partial charge in [0.2, 0.25) is 0 Å². The van der Waals surface area contributed by atoms with Crippen LogP contribution in [0.2, 0.25) is 0 Å². The summed E-state index contributed by atoms with van der Waals surface area (Å²) in [5.74, 6) is 0.808. The Hall–Kier alpha value is -3.21. The molecular weight excluding hydrogens is 314 g/mol. The molecule has 0 bridgehead atoms. The van der Waals surface area contributed by atoms with Gasteiger partial charge in [-0.3, -0.25) is 10.1 Å². The number of nitro groups is 1. The zero-order valence-corrected chi connectivity index (χ0v) is 14.0. The Morgan fingerprint density at radius 1 is 1.04 bits per heavy atom. The lowest BCUT2D eigenvalue weighted by Gasteiger charge is -2.30. The summed E-state index contributed by atoms with van der Waals surface area (Å²) in [6.45, 7) is 2.64. The Bertz CT molecular complexity index is 840. The fourth-order valence-corrected chi connectivity index (χ4v) is 2.81. The maximum atomic E-state index is 10.8. The molecule has 2 aromatic carbocycles. The largest absolute Gasteiger partial charge is 0.329 e. The van der Waals surface area contributed by atoms with Crippen LogP contribution in [0.1, 0.15) is 18.1 Å². The van der Waals surface area contributed by atoms with Crippen molar-refractivity contribution < 1.29 is 4.92 Å². The van der Waals surface area contributed by atoms with Crippen LogP contribution in [0.3, 0.4) is 0 Å². The molecule has 0 saturated heterocycles. The molecule has 0 saturated carbocycles. The number of hydrogen-bond donors (Lipinski definition) is 0. The SMILES string of the molecule is CC1=C/C(=C\[N+](=O)[O-])N=C(Cc2ccccc2)N1Cc1ccccc1. The molecule has 0 N–H and O–H groups in total. The lowest BCUT2D eigenvalue weighted by molar-refractivity contribution is -0.403. The van der Waals surface area contributed by atoms with Crippen molar-refractivity contribution in [3.05, 3.63) is 106 Å². The third-order valence-electron chi connectivity index (χ3n) is 3.98. The maximum Gasteiger partial charge on any atom is 0.260 e. The molecule has 25 heavy (non-hydrogen) atoms. The van der Waals surface area contributed by atoms with Crippen LogP contribution in [0.5, 0.6) is 0 Å². The van der Waals surface area contributed by atoms with E-state index in [1.807, 2.05) is 55.5 Å². The average molecular weight is 333 g/mol. The summed E-state index contributed by atoms with van der Waals surface area (Å²) >= 11 is 0. The highest BCUT2D eigenvalue weighted by Crippen LogP contribution is 2.22. The van der Waals surface area contributed by atoms with Crippen LogP contribution in [-0.2, 0) is 13.0 Å². The number of nitrogens with zero attached hydrogens (tertiary/aromatic N) is 3. The van der Waals surface area contributed by atoms with E-state index in [1.165, 1.54) is 0 Å². The molecule has 0 fully saturated rings. The zero-order valence-electron chi connectivity index (χ0n) is 14.0. The molecule has 0 spiro atoms. The summed E-state index contributed by atoms with van der Waals surface area (Å²) in [7, 11) is 0. The van der Waals surface area contributed by atoms with Gasteiger partial charge in [0.15, 0.2) is 0 Å². The van der Waals surface area contributed by atoms with Gasteiger partial charge in [0.25, 0.3) is 6.20 Å². The van der Waals surface area contributed by atoms with Gasteiger partial charge in [-0.25, -0.2) is 4.99 Å². The Morgan fingerprint density at radius 3 is 2.24 bits per heavy atom. The van der Waals surface area contributed by atoms with E-state index >= 15 is 0 Å². The first-order valence-electron chi connectivity index (χ1n) is 8.08. The molecule has 0 unspecified atom stereocenters. The highest BCUT2D eigenvalue weighted by Gasteiger charge is 2.20. The van der Waals surface area contributed by atoms with Crippen molar-refractivity contribution in [3.8, 4) is 0 Å². The minimum Gasteiger partial charge on any atom is -0.329 e. The van der Waals surface area contributed by atoms with Crippen molar-refractivity contribution in [2.24, 2.45) is 4.99 Å². The third kappa shape index (κ3) is 4.41. The summed E-state index contributed by atoms with van der Waals surface area (Å²) in [5, 5.41) is 10.8. The second-order valence-corrected chi connectivity index (χ2v) is 5.89. The molecular formula is C20H19N3O2. The monoisotopic (exact) mass is 333 g/mol. The smallest absolute Gasteiger partial charge is 0.260 e. The van der Waals surface area contributed by atoms with Crippen molar-refractivity contribution in [2.45, 2.75) is 19.9 Å². The summed E-state index contributed by atoms with van der Waals surface area (Å²) in [4.78, 5) is 17.0. The molecule has 3 rings (SSSR count). The standard InChI is InChI=1S/C20H19N3O2/c1-16-12-19(15-23(24)25)21-20(13-17-8-4-2-5-9-17)22(16)14-18-10-6-3-7-11-18/h2-12,15H,13-14H2,1H3/b19-15+. The number of amidine groups is 1. The van der Waals surface area contributed by atoms with Gasteiger partial charge < -0.3 is 4.90 Å². The van der Waals surface area contributed by atoms with Crippen molar-refractivity contribution in [2.75, 3.05) is 0 Å². The first-order valence-corrected chi connectivity index (χ1v) is 8.08. The van der Waals surface area contributed by atoms with Crippen molar-refractivity contribution in [1.29, 1.82) is 0 Å². The van der Waals surface area contributed by atoms with Gasteiger partial charge in [-0.1, -0.05) is 60.7 Å². The molecule has 0 aromatic heterocycles. The van der Waals surface area contributed by atoms with Gasteiger partial charge in [0.05, 0.1) is 4.92 Å². The molecule has 1 heterocycles. The second-order valence-electron chi connectivity index (χ2n) is 5.89. The molecule has 1 aliphatic heterocycles. The quantitative estimate of drug-likeness (QED) is 0.609. The molecule has 1 aliphatic rings. The lowest BCUT2D eigenvalue weighted by atomic mass is 10.1. The van der Waals surface area contributed by atoms with E-state index in [2.05, 4.69) is 22.0 Å². The summed E-state index contributed by atoms with van der Waals surface area (Å²) in [6, 6.07) is 20.1. The third-order valence-corrected chi connectivity index (χ3v) is 3.98. The highest BCUT2D eigenvalue weighted by molar-refractivity contribution is 5.88. The first-order chi connectivity index (χ1) is 12.1. The molecule has 126 valence electrons. The van der Waals surface area contributed by atoms with Crippen LogP contribution >= 0.6 is 0 Å². The van der Waals surface area contributed by atoms with E-state index < -0.39 is 4.92 Å². The topological polar surface area (TPSA) is 58.7 Å². The number of allylic oxidation sites excluding steroid dienone is 2. The summed E-state index contributed by atoms with van der Waals surface area (Å²) < 4.78 is 0. The molecule has 5 nitrogen and oxygen atoms in total. The number of aliphatic imine (C=N–C) groups is 1. The van der Waals surface area contributed by atoms with Gasteiger partial charge >= 0.3 is 0 Å². The van der Waals surface area contributed by atoms with Crippen molar-refractivity contribution >= 4 is 5.84 Å². The highest BCUT2D eigenvalue weighted by atomic mass is 16.6. The molecule has 0 amide bonds. The number of hydrogen-bond acceptors (Lipinski definition) is 4. The van der Waals surface area contributed by atoms with E-state index in [9.17, 15) is 10.1 Å². The van der Waals surface area contributed by atoms with E-state index in [1.54, 1.807) is 6.08 Å². The lowest BCUT2D eigenvalue weighted by Crippen LogP contribution is -2.32. The van der Waals surface area contributed by atoms with Crippen LogP contribution < -0.4 is 0 Å². The predicted molar refractivity (Wildman–Crippen MR) is 98.4 cm³/mol. The minimum atomic E-state index is -0.463. The zero-order chi connectivity index (χ0) is 17.6. The van der Waals surface area contributed by atoms with E-state index in [-0.39, 0.29) is 0 Å². The van der Waals surface area contributed by atoms with Gasteiger partial charge in [-0.15, -0.1) is 0 Å². The molecule has 0 radical (unpaired) electrons. The Kier molecular flexibility index (Phi) is 5.04. The fourth-order valence-electron chi connectivity index (χ4n) is 2.81. The Morgan fingerprint density at radius 2 is 1.64 bits per heavy atom. The van der Waals surface area contributed by atoms with Crippen molar-refractivity contribution in [1.82, 2.24) is 4.90 Å². The van der Waals surface area contributed by atoms with Crippen LogP contribution in [0.15, 0.2) is 89.3 Å². The first kappa shape index (κ1) is 16.6. The average Bonchev–Trinajstić information content (AvgIpc) is 2.59. The van der Waals surface area contributed by atoms with E-state index in [0.717, 1.165) is 28.9 Å². The van der Waals surface area contributed by atoms with E-state index in [0.29, 0.717) is 18.7 Å². The molecule has 2 aromatic rings. The normalized spacial score (nSPS) is 15.7. The molecule has 0 atom stereocenters. The van der Waals surface area contributed by atoms with Crippen LogP contribution in [0.4, 0.5) is 0 Å². The Balaban J connectivity index is 1.93. The van der Waals surface area contributed by atoms with Gasteiger partial charge in [-0.2, -0.15) is 0 Å². The Labute approximate surface area is 146 Å². The second kappa shape index (κ2) is 7.57. The van der Waals surface area contributed by atoms with Crippen molar-refractivity contribution in [3.63, 3.8) is 0 Å². The van der Waals surface area contributed by atoms with E-state index in [4.69, 9.17) is 0 Å². The minimum absolute atomic E-state index is 0.373. The predicted octanol–water partition coefficient (Wildman–Crippen LogP) is 4.17. The van der Waals surface area contributed by atoms with Gasteiger partial charge in [0, 0.05) is 18.7 Å². The van der Waals surface area contributed by atoms with Gasteiger partial charge in [0.1, 0.15) is 11.5 Å². The summed E-state index contributed by atoms with van der Waals surface area (Å²) in [6.07, 6.45) is 3.32. The summed E-state index contributed by atoms with van der Waals surface area (Å²) in [5.41, 5.74) is 3.60. The van der Waals surface area contributed by atoms with Crippen LogP contribution in [0.25, 0.3) is 0 Å². The number of rotatable bonds is 5. The van der Waals surface area contributed by atoms with Gasteiger partial charge in [-0.05, 0) is 24.1 Å². The van der Waals surface area contributed by atoms with Crippen LogP contribution in [0, 0.1) is 10.1 Å². The van der Waals surface area contributed by atoms with Crippen LogP contribution in [-0.4, -0.2) is 15.7 Å². The fraction of sp³-hybridized carbons (Fsp3) is 0.150.